The molecule has 2 N–H and O–H groups in total. The topological polar surface area (TPSA) is 67.3 Å². The van der Waals surface area contributed by atoms with Crippen molar-refractivity contribution in [1.82, 2.24) is 9.97 Å². The quantitative estimate of drug-likeness (QED) is 0.736. The molecule has 5 heteroatoms. The summed E-state index contributed by atoms with van der Waals surface area (Å²) in [7, 11) is 0. The molecule has 0 saturated heterocycles. The molecule has 1 atom stereocenters. The zero-order valence-corrected chi connectivity index (χ0v) is 9.10. The van der Waals surface area contributed by atoms with Crippen LogP contribution in [0.2, 0.25) is 0 Å². The summed E-state index contributed by atoms with van der Waals surface area (Å²) < 4.78 is 5.23. The molecule has 0 aliphatic rings. The van der Waals surface area contributed by atoms with Crippen LogP contribution in [0, 0.1) is 0 Å². The molecule has 1 aromatic heterocycles. The van der Waals surface area contributed by atoms with Crippen LogP contribution in [0.4, 0.5) is 5.95 Å². The van der Waals surface area contributed by atoms with Crippen molar-refractivity contribution in [1.29, 1.82) is 0 Å². The highest BCUT2D eigenvalue weighted by atomic mass is 16.5. The maximum absolute atomic E-state index is 9.06. The van der Waals surface area contributed by atoms with Crippen LogP contribution in [0.1, 0.15) is 20.3 Å². The van der Waals surface area contributed by atoms with Crippen LogP contribution in [-0.4, -0.2) is 34.3 Å². The molecule has 0 bridgehead atoms. The summed E-state index contributed by atoms with van der Waals surface area (Å²) in [5, 5.41) is 12.1. The predicted octanol–water partition coefficient (Wildman–Crippen LogP) is 1.06. The van der Waals surface area contributed by atoms with E-state index in [0.29, 0.717) is 31.4 Å². The summed E-state index contributed by atoms with van der Waals surface area (Å²) in [4.78, 5) is 8.17. The third-order valence-corrected chi connectivity index (χ3v) is 1.77. The lowest BCUT2D eigenvalue weighted by Crippen LogP contribution is -2.11. The van der Waals surface area contributed by atoms with Crippen molar-refractivity contribution in [3.8, 4) is 5.88 Å². The Kier molecular flexibility index (Phi) is 4.83. The highest BCUT2D eigenvalue weighted by Crippen LogP contribution is 2.07. The standard InChI is InChI=1S/C10H17N3O2/c1-3-15-9-5-7-12-10(13-9)11-6-4-8(2)14/h5,7-8,14H,3-4,6H2,1-2H3,(H,11,12,13). The number of rotatable bonds is 6. The Hall–Kier alpha value is -1.36. The second-order valence-corrected chi connectivity index (χ2v) is 3.22. The van der Waals surface area contributed by atoms with E-state index in [1.807, 2.05) is 6.92 Å². The number of ether oxygens (including phenoxy) is 1. The molecule has 15 heavy (non-hydrogen) atoms. The molecule has 0 aliphatic carbocycles. The van der Waals surface area contributed by atoms with E-state index in [1.165, 1.54) is 0 Å². The van der Waals surface area contributed by atoms with E-state index in [-0.39, 0.29) is 6.10 Å². The number of aliphatic hydroxyl groups is 1. The number of aromatic nitrogens is 2. The zero-order valence-electron chi connectivity index (χ0n) is 9.10. The average Bonchev–Trinajstić information content (AvgIpc) is 2.18. The fourth-order valence-electron chi connectivity index (χ4n) is 1.05. The smallest absolute Gasteiger partial charge is 0.225 e. The molecule has 0 spiro atoms. The van der Waals surface area contributed by atoms with Gasteiger partial charge < -0.3 is 15.2 Å². The second kappa shape index (κ2) is 6.19. The van der Waals surface area contributed by atoms with Gasteiger partial charge in [-0.3, -0.25) is 0 Å². The third-order valence-electron chi connectivity index (χ3n) is 1.77. The number of nitrogens with zero attached hydrogens (tertiary/aromatic N) is 2. The summed E-state index contributed by atoms with van der Waals surface area (Å²) >= 11 is 0. The first-order chi connectivity index (χ1) is 7.22. The van der Waals surface area contributed by atoms with E-state index in [2.05, 4.69) is 15.3 Å². The first kappa shape index (κ1) is 11.7. The first-order valence-corrected chi connectivity index (χ1v) is 5.10. The van der Waals surface area contributed by atoms with Gasteiger partial charge in [0.25, 0.3) is 0 Å². The monoisotopic (exact) mass is 211 g/mol. The van der Waals surface area contributed by atoms with Crippen molar-refractivity contribution >= 4 is 5.95 Å². The number of hydrogen-bond acceptors (Lipinski definition) is 5. The van der Waals surface area contributed by atoms with Crippen molar-refractivity contribution in [2.24, 2.45) is 0 Å². The lowest BCUT2D eigenvalue weighted by atomic mass is 10.3. The maximum Gasteiger partial charge on any atom is 0.225 e. The zero-order chi connectivity index (χ0) is 11.1. The van der Waals surface area contributed by atoms with Gasteiger partial charge in [0.1, 0.15) is 0 Å². The second-order valence-electron chi connectivity index (χ2n) is 3.22. The molecular formula is C10H17N3O2. The van der Waals surface area contributed by atoms with Gasteiger partial charge in [-0.05, 0) is 20.3 Å². The van der Waals surface area contributed by atoms with Crippen LogP contribution in [0.25, 0.3) is 0 Å². The Balaban J connectivity index is 2.43. The number of nitrogens with one attached hydrogen (secondary N) is 1. The Morgan fingerprint density at radius 2 is 2.40 bits per heavy atom. The minimum atomic E-state index is -0.312. The molecule has 1 rings (SSSR count). The minimum Gasteiger partial charge on any atom is -0.478 e. The Morgan fingerprint density at radius 3 is 3.07 bits per heavy atom. The highest BCUT2D eigenvalue weighted by molar-refractivity contribution is 5.27. The van der Waals surface area contributed by atoms with E-state index >= 15 is 0 Å². The van der Waals surface area contributed by atoms with Gasteiger partial charge in [0.05, 0.1) is 12.7 Å². The normalized spacial score (nSPS) is 12.2. The van der Waals surface area contributed by atoms with Crippen LogP contribution in [0.15, 0.2) is 12.3 Å². The molecule has 1 aromatic rings. The van der Waals surface area contributed by atoms with E-state index in [0.717, 1.165) is 0 Å². The molecule has 1 heterocycles. The molecule has 0 saturated carbocycles. The van der Waals surface area contributed by atoms with Gasteiger partial charge in [0.2, 0.25) is 11.8 Å². The summed E-state index contributed by atoms with van der Waals surface area (Å²) in [6, 6.07) is 1.71. The maximum atomic E-state index is 9.06. The average molecular weight is 211 g/mol. The highest BCUT2D eigenvalue weighted by Gasteiger charge is 2.00. The summed E-state index contributed by atoms with van der Waals surface area (Å²) in [6.45, 7) is 4.89. The molecule has 1 unspecified atom stereocenters. The van der Waals surface area contributed by atoms with Crippen LogP contribution in [0.3, 0.4) is 0 Å². The number of hydrogen-bond donors (Lipinski definition) is 2. The van der Waals surface area contributed by atoms with Crippen molar-refractivity contribution in [2.75, 3.05) is 18.5 Å². The minimum absolute atomic E-state index is 0.312. The summed E-state index contributed by atoms with van der Waals surface area (Å²) in [6.07, 6.45) is 2.00. The first-order valence-electron chi connectivity index (χ1n) is 5.10. The van der Waals surface area contributed by atoms with Gasteiger partial charge in [0, 0.05) is 18.8 Å². The number of anilines is 1. The number of aliphatic hydroxyl groups excluding tert-OH is 1. The molecule has 5 nitrogen and oxygen atoms in total. The van der Waals surface area contributed by atoms with Gasteiger partial charge >= 0.3 is 0 Å². The van der Waals surface area contributed by atoms with Crippen molar-refractivity contribution in [3.63, 3.8) is 0 Å². The Morgan fingerprint density at radius 1 is 1.60 bits per heavy atom. The van der Waals surface area contributed by atoms with E-state index in [9.17, 15) is 0 Å². The Bertz CT molecular complexity index is 292. The molecule has 0 aromatic carbocycles. The largest absolute Gasteiger partial charge is 0.478 e. The molecule has 84 valence electrons. The predicted molar refractivity (Wildman–Crippen MR) is 58.0 cm³/mol. The SMILES string of the molecule is CCOc1ccnc(NCCC(C)O)n1. The van der Waals surface area contributed by atoms with Gasteiger partial charge in [-0.1, -0.05) is 0 Å². The van der Waals surface area contributed by atoms with Crippen LogP contribution in [0.5, 0.6) is 5.88 Å². The van der Waals surface area contributed by atoms with Crippen molar-refractivity contribution in [3.05, 3.63) is 12.3 Å². The van der Waals surface area contributed by atoms with Crippen molar-refractivity contribution in [2.45, 2.75) is 26.4 Å². The molecule has 0 radical (unpaired) electrons. The lowest BCUT2D eigenvalue weighted by molar-refractivity contribution is 0.188. The summed E-state index contributed by atoms with van der Waals surface area (Å²) in [5.74, 6) is 1.09. The van der Waals surface area contributed by atoms with Crippen LogP contribution in [-0.2, 0) is 0 Å². The Labute approximate surface area is 89.5 Å². The lowest BCUT2D eigenvalue weighted by Gasteiger charge is -2.07. The van der Waals surface area contributed by atoms with Crippen LogP contribution < -0.4 is 10.1 Å². The fraction of sp³-hybridized carbons (Fsp3) is 0.600. The van der Waals surface area contributed by atoms with E-state index < -0.39 is 0 Å². The van der Waals surface area contributed by atoms with Gasteiger partial charge in [-0.2, -0.15) is 4.98 Å². The molecule has 0 fully saturated rings. The van der Waals surface area contributed by atoms with Crippen LogP contribution >= 0.6 is 0 Å². The molecular weight excluding hydrogens is 194 g/mol. The van der Waals surface area contributed by atoms with E-state index in [1.54, 1.807) is 19.2 Å². The summed E-state index contributed by atoms with van der Waals surface area (Å²) in [5.41, 5.74) is 0. The molecule has 0 aliphatic heterocycles. The van der Waals surface area contributed by atoms with Gasteiger partial charge in [-0.25, -0.2) is 4.98 Å². The van der Waals surface area contributed by atoms with Gasteiger partial charge in [0.15, 0.2) is 0 Å². The third kappa shape index (κ3) is 4.60. The van der Waals surface area contributed by atoms with Crippen molar-refractivity contribution < 1.29 is 9.84 Å². The van der Waals surface area contributed by atoms with Gasteiger partial charge in [-0.15, -0.1) is 0 Å². The fourth-order valence-corrected chi connectivity index (χ4v) is 1.05. The van der Waals surface area contributed by atoms with E-state index in [4.69, 9.17) is 9.84 Å². The molecule has 0 amide bonds.